The molecule has 0 aliphatic rings. The second kappa shape index (κ2) is 5.40. The summed E-state index contributed by atoms with van der Waals surface area (Å²) in [5, 5.41) is 0. The maximum atomic E-state index is 11.4. The van der Waals surface area contributed by atoms with E-state index in [1.54, 1.807) is 6.92 Å². The summed E-state index contributed by atoms with van der Waals surface area (Å²) in [4.78, 5) is 11.4. The van der Waals surface area contributed by atoms with Gasteiger partial charge >= 0.3 is 5.97 Å². The molecule has 0 N–H and O–H groups in total. The van der Waals surface area contributed by atoms with E-state index in [4.69, 9.17) is 9.47 Å². The first-order chi connectivity index (χ1) is 6.79. The van der Waals surface area contributed by atoms with E-state index in [9.17, 15) is 4.79 Å². The minimum atomic E-state index is -0.615. The molecule has 0 saturated heterocycles. The van der Waals surface area contributed by atoms with Gasteiger partial charge in [-0.15, -0.1) is 0 Å². The average Bonchev–Trinajstić information content (AvgIpc) is 2.21. The topological polar surface area (TPSA) is 35.5 Å². The molecule has 3 heteroatoms. The molecule has 0 spiro atoms. The third kappa shape index (κ3) is 2.57. The van der Waals surface area contributed by atoms with Crippen molar-refractivity contribution in [1.29, 1.82) is 0 Å². The normalized spacial score (nSPS) is 12.1. The third-order valence-corrected chi connectivity index (χ3v) is 1.84. The van der Waals surface area contributed by atoms with Crippen molar-refractivity contribution in [2.24, 2.45) is 0 Å². The Kier molecular flexibility index (Phi) is 4.13. The van der Waals surface area contributed by atoms with Gasteiger partial charge in [-0.25, -0.2) is 4.79 Å². The molecule has 0 radical (unpaired) electrons. The van der Waals surface area contributed by atoms with Gasteiger partial charge in [0.15, 0.2) is 6.10 Å². The van der Waals surface area contributed by atoms with Crippen molar-refractivity contribution in [3.63, 3.8) is 0 Å². The van der Waals surface area contributed by atoms with Crippen LogP contribution in [0.15, 0.2) is 30.3 Å². The molecular formula is C11H14O3. The van der Waals surface area contributed by atoms with Crippen molar-refractivity contribution in [2.75, 3.05) is 13.7 Å². The van der Waals surface area contributed by atoms with Crippen LogP contribution in [0.1, 0.15) is 18.6 Å². The molecule has 3 nitrogen and oxygen atoms in total. The average molecular weight is 194 g/mol. The Morgan fingerprint density at radius 3 is 2.50 bits per heavy atom. The van der Waals surface area contributed by atoms with E-state index in [-0.39, 0.29) is 5.97 Å². The molecular weight excluding hydrogens is 180 g/mol. The summed E-state index contributed by atoms with van der Waals surface area (Å²) in [6.07, 6.45) is -0.615. The fourth-order valence-electron chi connectivity index (χ4n) is 1.21. The summed E-state index contributed by atoms with van der Waals surface area (Å²) >= 11 is 0. The van der Waals surface area contributed by atoms with E-state index in [1.807, 2.05) is 30.3 Å². The number of rotatable bonds is 4. The quantitative estimate of drug-likeness (QED) is 0.687. The maximum absolute atomic E-state index is 11.4. The molecule has 1 unspecified atom stereocenters. The summed E-state index contributed by atoms with van der Waals surface area (Å²) in [5.74, 6) is -0.346. The highest BCUT2D eigenvalue weighted by Gasteiger charge is 2.20. The van der Waals surface area contributed by atoms with E-state index in [1.165, 1.54) is 7.11 Å². The first kappa shape index (κ1) is 10.7. The minimum Gasteiger partial charge on any atom is -0.464 e. The molecule has 0 heterocycles. The zero-order valence-corrected chi connectivity index (χ0v) is 8.40. The molecule has 1 atom stereocenters. The zero-order valence-electron chi connectivity index (χ0n) is 8.40. The lowest BCUT2D eigenvalue weighted by Crippen LogP contribution is -2.17. The van der Waals surface area contributed by atoms with Crippen molar-refractivity contribution in [2.45, 2.75) is 13.0 Å². The minimum absolute atomic E-state index is 0.346. The molecule has 0 saturated carbocycles. The molecule has 76 valence electrons. The van der Waals surface area contributed by atoms with Crippen LogP contribution in [0.3, 0.4) is 0 Å². The number of hydrogen-bond acceptors (Lipinski definition) is 3. The highest BCUT2D eigenvalue weighted by molar-refractivity contribution is 5.76. The number of benzene rings is 1. The Bertz CT molecular complexity index is 282. The number of carbonyl (C=O) groups is 1. The number of hydrogen-bond donors (Lipinski definition) is 0. The fourth-order valence-corrected chi connectivity index (χ4v) is 1.21. The van der Waals surface area contributed by atoms with Crippen LogP contribution in [-0.4, -0.2) is 19.7 Å². The van der Waals surface area contributed by atoms with Crippen molar-refractivity contribution in [3.05, 3.63) is 35.9 Å². The second-order valence-corrected chi connectivity index (χ2v) is 2.78. The number of esters is 1. The van der Waals surface area contributed by atoms with Gasteiger partial charge in [-0.2, -0.15) is 0 Å². The van der Waals surface area contributed by atoms with Crippen molar-refractivity contribution in [1.82, 2.24) is 0 Å². The van der Waals surface area contributed by atoms with Gasteiger partial charge in [0, 0.05) is 7.11 Å². The Hall–Kier alpha value is -1.35. The molecule has 0 bridgehead atoms. The molecule has 0 aromatic heterocycles. The predicted octanol–water partition coefficient (Wildman–Crippen LogP) is 1.94. The first-order valence-electron chi connectivity index (χ1n) is 4.54. The molecule has 14 heavy (non-hydrogen) atoms. The Labute approximate surface area is 83.6 Å². The molecule has 0 fully saturated rings. The molecule has 1 rings (SSSR count). The number of carbonyl (C=O) groups excluding carboxylic acids is 1. The van der Waals surface area contributed by atoms with E-state index in [0.29, 0.717) is 6.61 Å². The summed E-state index contributed by atoms with van der Waals surface area (Å²) in [5.41, 5.74) is 0.813. The summed E-state index contributed by atoms with van der Waals surface area (Å²) < 4.78 is 9.96. The lowest BCUT2D eigenvalue weighted by Gasteiger charge is -2.13. The van der Waals surface area contributed by atoms with E-state index in [0.717, 1.165) is 5.56 Å². The lowest BCUT2D eigenvalue weighted by molar-refractivity contribution is -0.155. The van der Waals surface area contributed by atoms with Gasteiger partial charge in [0.05, 0.1) is 6.61 Å². The van der Waals surface area contributed by atoms with Gasteiger partial charge in [-0.3, -0.25) is 0 Å². The van der Waals surface area contributed by atoms with Crippen LogP contribution in [0.2, 0.25) is 0 Å². The largest absolute Gasteiger partial charge is 0.464 e. The second-order valence-electron chi connectivity index (χ2n) is 2.78. The lowest BCUT2D eigenvalue weighted by atomic mass is 10.1. The van der Waals surface area contributed by atoms with Gasteiger partial charge in [0.25, 0.3) is 0 Å². The Balaban J connectivity index is 2.77. The standard InChI is InChI=1S/C11H14O3/c1-3-14-11(12)10(13-2)9-7-5-4-6-8-9/h4-8,10H,3H2,1-2H3. The van der Waals surface area contributed by atoms with Gasteiger partial charge in [0.1, 0.15) is 0 Å². The van der Waals surface area contributed by atoms with E-state index < -0.39 is 6.10 Å². The van der Waals surface area contributed by atoms with Crippen LogP contribution in [0, 0.1) is 0 Å². The van der Waals surface area contributed by atoms with Crippen LogP contribution in [0.25, 0.3) is 0 Å². The molecule has 0 amide bonds. The van der Waals surface area contributed by atoms with Crippen LogP contribution >= 0.6 is 0 Å². The molecule has 0 aliphatic carbocycles. The fraction of sp³-hybridized carbons (Fsp3) is 0.364. The summed E-state index contributed by atoms with van der Waals surface area (Å²) in [7, 11) is 1.49. The predicted molar refractivity (Wildman–Crippen MR) is 52.8 cm³/mol. The van der Waals surface area contributed by atoms with E-state index in [2.05, 4.69) is 0 Å². The zero-order chi connectivity index (χ0) is 10.4. The summed E-state index contributed by atoms with van der Waals surface area (Å²) in [6.45, 7) is 2.14. The highest BCUT2D eigenvalue weighted by Crippen LogP contribution is 2.17. The Morgan fingerprint density at radius 2 is 2.00 bits per heavy atom. The van der Waals surface area contributed by atoms with Crippen molar-refractivity contribution in [3.8, 4) is 0 Å². The smallest absolute Gasteiger partial charge is 0.339 e. The highest BCUT2D eigenvalue weighted by atomic mass is 16.6. The van der Waals surface area contributed by atoms with Crippen LogP contribution in [-0.2, 0) is 14.3 Å². The molecule has 1 aromatic carbocycles. The SMILES string of the molecule is CCOC(=O)C(OC)c1ccccc1. The van der Waals surface area contributed by atoms with Gasteiger partial charge in [-0.1, -0.05) is 30.3 Å². The number of methoxy groups -OCH3 is 1. The van der Waals surface area contributed by atoms with Crippen LogP contribution in [0.4, 0.5) is 0 Å². The Morgan fingerprint density at radius 1 is 1.36 bits per heavy atom. The summed E-state index contributed by atoms with van der Waals surface area (Å²) in [6, 6.07) is 9.29. The molecule has 1 aromatic rings. The monoisotopic (exact) mass is 194 g/mol. The van der Waals surface area contributed by atoms with E-state index >= 15 is 0 Å². The van der Waals surface area contributed by atoms with Gasteiger partial charge < -0.3 is 9.47 Å². The molecule has 0 aliphatic heterocycles. The number of ether oxygens (including phenoxy) is 2. The van der Waals surface area contributed by atoms with Gasteiger partial charge in [-0.05, 0) is 12.5 Å². The van der Waals surface area contributed by atoms with Gasteiger partial charge in [0.2, 0.25) is 0 Å². The maximum Gasteiger partial charge on any atom is 0.339 e. The third-order valence-electron chi connectivity index (χ3n) is 1.84. The first-order valence-corrected chi connectivity index (χ1v) is 4.54. The van der Waals surface area contributed by atoms with Crippen LogP contribution < -0.4 is 0 Å². The van der Waals surface area contributed by atoms with Crippen molar-refractivity contribution < 1.29 is 14.3 Å². The van der Waals surface area contributed by atoms with Crippen molar-refractivity contribution >= 4 is 5.97 Å². The van der Waals surface area contributed by atoms with Crippen LogP contribution in [0.5, 0.6) is 0 Å².